The molecule has 2 N–H and O–H groups in total. The van der Waals surface area contributed by atoms with Crippen LogP contribution in [0, 0.1) is 5.41 Å². The van der Waals surface area contributed by atoms with Gasteiger partial charge in [-0.1, -0.05) is 30.9 Å². The number of rotatable bonds is 4. The van der Waals surface area contributed by atoms with Crippen LogP contribution in [-0.2, 0) is 0 Å². The number of hydrogen-bond acceptors (Lipinski definition) is 5. The summed E-state index contributed by atoms with van der Waals surface area (Å²) in [7, 11) is 0. The second-order valence-corrected chi connectivity index (χ2v) is 5.90. The summed E-state index contributed by atoms with van der Waals surface area (Å²) < 4.78 is 1.62. The highest BCUT2D eigenvalue weighted by Crippen LogP contribution is 2.36. The van der Waals surface area contributed by atoms with Gasteiger partial charge in [0.05, 0.1) is 6.61 Å². The summed E-state index contributed by atoms with van der Waals surface area (Å²) in [6, 6.07) is 1.73. The Hall–Kier alpha value is -1.40. The lowest BCUT2D eigenvalue weighted by atomic mass is 9.74. The van der Waals surface area contributed by atoms with Crippen LogP contribution in [-0.4, -0.2) is 37.8 Å². The number of fused-ring (bicyclic) bond motifs is 1. The van der Waals surface area contributed by atoms with Crippen molar-refractivity contribution in [2.45, 2.75) is 32.1 Å². The fourth-order valence-corrected chi connectivity index (χ4v) is 3.06. The van der Waals surface area contributed by atoms with Gasteiger partial charge in [0.25, 0.3) is 5.78 Å². The molecule has 0 saturated heterocycles. The largest absolute Gasteiger partial charge is 0.396 e. The van der Waals surface area contributed by atoms with Gasteiger partial charge in [0.2, 0.25) is 0 Å². The normalized spacial score (nSPS) is 18.3. The molecule has 1 fully saturated rings. The van der Waals surface area contributed by atoms with Crippen molar-refractivity contribution in [3.8, 4) is 0 Å². The van der Waals surface area contributed by atoms with Crippen LogP contribution in [0.1, 0.15) is 32.1 Å². The highest BCUT2D eigenvalue weighted by atomic mass is 35.5. The molecule has 1 saturated carbocycles. The molecule has 108 valence electrons. The molecule has 3 rings (SSSR count). The molecular formula is C13H18ClN5O. The van der Waals surface area contributed by atoms with Crippen molar-refractivity contribution in [1.82, 2.24) is 19.6 Å². The van der Waals surface area contributed by atoms with E-state index in [4.69, 9.17) is 11.6 Å². The van der Waals surface area contributed by atoms with Crippen LogP contribution in [0.3, 0.4) is 0 Å². The average Bonchev–Trinajstić information content (AvgIpc) is 2.94. The number of hydrogen-bond donors (Lipinski definition) is 2. The van der Waals surface area contributed by atoms with Gasteiger partial charge in [-0.2, -0.15) is 19.6 Å². The van der Waals surface area contributed by atoms with E-state index < -0.39 is 0 Å². The lowest BCUT2D eigenvalue weighted by Crippen LogP contribution is -2.36. The van der Waals surface area contributed by atoms with E-state index in [1.54, 1.807) is 10.6 Å². The Morgan fingerprint density at radius 3 is 2.90 bits per heavy atom. The molecule has 0 atom stereocenters. The van der Waals surface area contributed by atoms with Crippen LogP contribution < -0.4 is 5.32 Å². The smallest absolute Gasteiger partial charge is 0.255 e. The third-order valence-corrected chi connectivity index (χ3v) is 4.31. The number of anilines is 1. The number of aliphatic hydroxyl groups excluding tert-OH is 1. The third-order valence-electron chi connectivity index (χ3n) is 4.11. The zero-order valence-electron chi connectivity index (χ0n) is 11.2. The standard InChI is InChI=1S/C13H18ClN5O/c14-10-6-11(19-12(18-10)16-9-17-19)15-7-13(8-20)4-2-1-3-5-13/h6,9,15,20H,1-5,7-8H2. The van der Waals surface area contributed by atoms with E-state index in [9.17, 15) is 5.11 Å². The molecular weight excluding hydrogens is 278 g/mol. The van der Waals surface area contributed by atoms with Crippen LogP contribution in [0.2, 0.25) is 5.15 Å². The first-order valence-corrected chi connectivity index (χ1v) is 7.31. The van der Waals surface area contributed by atoms with Gasteiger partial charge >= 0.3 is 0 Å². The highest BCUT2D eigenvalue weighted by Gasteiger charge is 2.31. The Morgan fingerprint density at radius 2 is 2.15 bits per heavy atom. The molecule has 2 aromatic rings. The molecule has 20 heavy (non-hydrogen) atoms. The minimum absolute atomic E-state index is 0.0408. The zero-order chi connectivity index (χ0) is 14.0. The Bertz CT molecular complexity index is 593. The number of aromatic nitrogens is 4. The summed E-state index contributed by atoms with van der Waals surface area (Å²) in [5.41, 5.74) is -0.0408. The lowest BCUT2D eigenvalue weighted by molar-refractivity contribution is 0.0943. The van der Waals surface area contributed by atoms with Gasteiger partial charge in [0.1, 0.15) is 17.3 Å². The van der Waals surface area contributed by atoms with Crippen molar-refractivity contribution in [2.24, 2.45) is 5.41 Å². The number of halogens is 1. The van der Waals surface area contributed by atoms with E-state index in [0.29, 0.717) is 17.5 Å². The monoisotopic (exact) mass is 295 g/mol. The maximum absolute atomic E-state index is 9.73. The molecule has 0 aromatic carbocycles. The molecule has 2 heterocycles. The van der Waals surface area contributed by atoms with Gasteiger partial charge in [-0.15, -0.1) is 0 Å². The highest BCUT2D eigenvalue weighted by molar-refractivity contribution is 6.29. The summed E-state index contributed by atoms with van der Waals surface area (Å²) >= 11 is 5.99. The van der Waals surface area contributed by atoms with Crippen molar-refractivity contribution in [3.05, 3.63) is 17.5 Å². The van der Waals surface area contributed by atoms with Crippen molar-refractivity contribution in [2.75, 3.05) is 18.5 Å². The van der Waals surface area contributed by atoms with Crippen LogP contribution in [0.5, 0.6) is 0 Å². The average molecular weight is 296 g/mol. The summed E-state index contributed by atoms with van der Waals surface area (Å²) in [4.78, 5) is 8.13. The Kier molecular flexibility index (Phi) is 3.76. The van der Waals surface area contributed by atoms with Crippen molar-refractivity contribution in [1.29, 1.82) is 0 Å². The molecule has 1 aliphatic rings. The summed E-state index contributed by atoms with van der Waals surface area (Å²) in [6.45, 7) is 0.915. The predicted octanol–water partition coefficient (Wildman–Crippen LogP) is 2.13. The summed E-state index contributed by atoms with van der Waals surface area (Å²) in [6.07, 6.45) is 7.17. The van der Waals surface area contributed by atoms with Crippen LogP contribution >= 0.6 is 11.6 Å². The molecule has 0 aliphatic heterocycles. The minimum Gasteiger partial charge on any atom is -0.396 e. The van der Waals surface area contributed by atoms with Gasteiger partial charge < -0.3 is 10.4 Å². The number of nitrogens with one attached hydrogen (secondary N) is 1. The maximum atomic E-state index is 9.73. The lowest BCUT2D eigenvalue weighted by Gasteiger charge is -2.35. The fourth-order valence-electron chi connectivity index (χ4n) is 2.88. The van der Waals surface area contributed by atoms with Crippen molar-refractivity contribution >= 4 is 23.2 Å². The van der Waals surface area contributed by atoms with E-state index in [1.807, 2.05) is 0 Å². The molecule has 7 heteroatoms. The topological polar surface area (TPSA) is 75.3 Å². The second-order valence-electron chi connectivity index (χ2n) is 5.51. The minimum atomic E-state index is -0.0408. The van der Waals surface area contributed by atoms with Crippen molar-refractivity contribution < 1.29 is 5.11 Å². The van der Waals surface area contributed by atoms with E-state index >= 15 is 0 Å². The summed E-state index contributed by atoms with van der Waals surface area (Å²) in [5.74, 6) is 1.23. The van der Waals surface area contributed by atoms with E-state index in [2.05, 4.69) is 20.4 Å². The maximum Gasteiger partial charge on any atom is 0.255 e. The molecule has 0 unspecified atom stereocenters. The first-order valence-electron chi connectivity index (χ1n) is 6.93. The number of nitrogens with zero attached hydrogens (tertiary/aromatic N) is 4. The van der Waals surface area contributed by atoms with E-state index in [1.165, 1.54) is 25.6 Å². The molecule has 0 bridgehead atoms. The van der Waals surface area contributed by atoms with E-state index in [0.717, 1.165) is 18.7 Å². The molecule has 2 aromatic heterocycles. The van der Waals surface area contributed by atoms with Gasteiger partial charge in [-0.25, -0.2) is 0 Å². The van der Waals surface area contributed by atoms with Gasteiger partial charge in [0.15, 0.2) is 0 Å². The fraction of sp³-hybridized carbons (Fsp3) is 0.615. The molecule has 1 aliphatic carbocycles. The molecule has 0 radical (unpaired) electrons. The van der Waals surface area contributed by atoms with E-state index in [-0.39, 0.29) is 12.0 Å². The number of aliphatic hydroxyl groups is 1. The second kappa shape index (κ2) is 5.54. The van der Waals surface area contributed by atoms with Crippen molar-refractivity contribution in [3.63, 3.8) is 0 Å². The Labute approximate surface area is 122 Å². The van der Waals surface area contributed by atoms with Crippen LogP contribution in [0.15, 0.2) is 12.4 Å². The van der Waals surface area contributed by atoms with Gasteiger partial charge in [-0.05, 0) is 12.8 Å². The SMILES string of the molecule is OCC1(CNc2cc(Cl)nc3ncnn23)CCCCC1. The molecule has 0 amide bonds. The third kappa shape index (κ3) is 2.58. The van der Waals surface area contributed by atoms with Crippen LogP contribution in [0.25, 0.3) is 5.78 Å². The zero-order valence-corrected chi connectivity index (χ0v) is 12.0. The molecule has 0 spiro atoms. The summed E-state index contributed by atoms with van der Waals surface area (Å²) in [5, 5.41) is 17.6. The quantitative estimate of drug-likeness (QED) is 0.845. The first kappa shape index (κ1) is 13.6. The van der Waals surface area contributed by atoms with Gasteiger partial charge in [-0.3, -0.25) is 0 Å². The Morgan fingerprint density at radius 1 is 1.35 bits per heavy atom. The predicted molar refractivity (Wildman–Crippen MR) is 76.9 cm³/mol. The molecule has 6 nitrogen and oxygen atoms in total. The van der Waals surface area contributed by atoms with Gasteiger partial charge in [0, 0.05) is 18.0 Å². The Balaban J connectivity index is 1.80. The van der Waals surface area contributed by atoms with Crippen LogP contribution in [0.4, 0.5) is 5.82 Å². The first-order chi connectivity index (χ1) is 9.72.